The second-order valence-electron chi connectivity index (χ2n) is 5.39. The summed E-state index contributed by atoms with van der Waals surface area (Å²) in [6.45, 7) is 1.69. The van der Waals surface area contributed by atoms with E-state index in [1.165, 1.54) is 0 Å². The smallest absolute Gasteiger partial charge is 0.243 e. The molecule has 1 N–H and O–H groups in total. The highest BCUT2D eigenvalue weighted by Gasteiger charge is 2.43. The molecule has 1 atom stereocenters. The second kappa shape index (κ2) is 6.87. The number of rotatable bonds is 5. The Balaban J connectivity index is 0.00000161. The van der Waals surface area contributed by atoms with E-state index in [-0.39, 0.29) is 24.5 Å². The minimum absolute atomic E-state index is 0. The molecule has 21 heavy (non-hydrogen) atoms. The van der Waals surface area contributed by atoms with Crippen molar-refractivity contribution in [3.05, 3.63) is 24.3 Å². The van der Waals surface area contributed by atoms with Crippen molar-refractivity contribution in [1.29, 1.82) is 0 Å². The molecule has 1 unspecified atom stereocenters. The monoisotopic (exact) mass is 348 g/mol. The number of hydrogen-bond acceptors (Lipinski definition) is 4. The van der Waals surface area contributed by atoms with Gasteiger partial charge in [0.1, 0.15) is 0 Å². The Kier molecular flexibility index (Phi) is 5.59. The van der Waals surface area contributed by atoms with Crippen LogP contribution in [0, 0.1) is 0 Å². The molecule has 0 amide bonds. The fourth-order valence-electron chi connectivity index (χ4n) is 2.76. The zero-order valence-corrected chi connectivity index (χ0v) is 14.4. The van der Waals surface area contributed by atoms with Gasteiger partial charge in [-0.1, -0.05) is 6.07 Å². The van der Waals surface area contributed by atoms with Crippen molar-refractivity contribution in [2.75, 3.05) is 19.3 Å². The van der Waals surface area contributed by atoms with Gasteiger partial charge in [-0.05, 0) is 50.3 Å². The normalized spacial score (nSPS) is 22.3. The van der Waals surface area contributed by atoms with E-state index in [9.17, 15) is 8.42 Å². The van der Waals surface area contributed by atoms with Gasteiger partial charge in [0.2, 0.25) is 10.0 Å². The maximum absolute atomic E-state index is 13.0. The van der Waals surface area contributed by atoms with Crippen LogP contribution in [-0.4, -0.2) is 44.2 Å². The first-order chi connectivity index (χ1) is 9.63. The Bertz CT molecular complexity index is 584. The molecule has 3 rings (SSSR count). The van der Waals surface area contributed by atoms with Crippen LogP contribution < -0.4 is 5.32 Å². The van der Waals surface area contributed by atoms with Crippen LogP contribution in [-0.2, 0) is 10.0 Å². The van der Waals surface area contributed by atoms with Crippen LogP contribution >= 0.6 is 24.2 Å². The van der Waals surface area contributed by atoms with Crippen molar-refractivity contribution in [1.82, 2.24) is 9.62 Å². The third kappa shape index (κ3) is 3.56. The molecule has 118 valence electrons. The van der Waals surface area contributed by atoms with Gasteiger partial charge in [0.25, 0.3) is 0 Å². The highest BCUT2D eigenvalue weighted by molar-refractivity contribution is 7.98. The minimum atomic E-state index is -3.37. The molecule has 1 saturated carbocycles. The SMILES string of the molecule is CSc1cccc(S(=O)(=O)N(C2CC2)C2CCNC2)c1.Cl. The molecule has 2 aliphatic rings. The van der Waals surface area contributed by atoms with Crippen LogP contribution in [0.4, 0.5) is 0 Å². The van der Waals surface area contributed by atoms with Gasteiger partial charge in [0.05, 0.1) is 4.90 Å². The van der Waals surface area contributed by atoms with Crippen LogP contribution in [0.2, 0.25) is 0 Å². The topological polar surface area (TPSA) is 49.4 Å². The molecule has 0 radical (unpaired) electrons. The number of halogens is 1. The molecule has 1 aromatic rings. The van der Waals surface area contributed by atoms with Gasteiger partial charge >= 0.3 is 0 Å². The summed E-state index contributed by atoms with van der Waals surface area (Å²) >= 11 is 1.57. The quantitative estimate of drug-likeness (QED) is 0.830. The molecule has 0 aromatic heterocycles. The zero-order chi connectivity index (χ0) is 14.2. The third-order valence-electron chi connectivity index (χ3n) is 3.92. The average molecular weight is 349 g/mol. The number of benzene rings is 1. The van der Waals surface area contributed by atoms with E-state index in [0.717, 1.165) is 37.2 Å². The molecular weight excluding hydrogens is 328 g/mol. The molecule has 4 nitrogen and oxygen atoms in total. The second-order valence-corrected chi connectivity index (χ2v) is 8.11. The fourth-order valence-corrected chi connectivity index (χ4v) is 5.24. The Morgan fingerprint density at radius 2 is 2.00 bits per heavy atom. The summed E-state index contributed by atoms with van der Waals surface area (Å²) in [6.07, 6.45) is 4.87. The Morgan fingerprint density at radius 1 is 1.24 bits per heavy atom. The third-order valence-corrected chi connectivity index (χ3v) is 6.64. The minimum Gasteiger partial charge on any atom is -0.315 e. The van der Waals surface area contributed by atoms with Crippen molar-refractivity contribution in [2.45, 2.75) is 41.1 Å². The number of nitrogens with zero attached hydrogens (tertiary/aromatic N) is 1. The zero-order valence-electron chi connectivity index (χ0n) is 12.0. The van der Waals surface area contributed by atoms with E-state index in [1.807, 2.05) is 18.4 Å². The molecule has 2 fully saturated rings. The fraction of sp³-hybridized carbons (Fsp3) is 0.571. The lowest BCUT2D eigenvalue weighted by atomic mass is 10.2. The van der Waals surface area contributed by atoms with E-state index < -0.39 is 10.0 Å². The largest absolute Gasteiger partial charge is 0.315 e. The molecular formula is C14H21ClN2O2S2. The van der Waals surface area contributed by atoms with Gasteiger partial charge in [0, 0.05) is 23.5 Å². The van der Waals surface area contributed by atoms with Gasteiger partial charge in [-0.15, -0.1) is 24.2 Å². The van der Waals surface area contributed by atoms with Crippen LogP contribution in [0.15, 0.2) is 34.1 Å². The van der Waals surface area contributed by atoms with Crippen molar-refractivity contribution in [3.8, 4) is 0 Å². The Hall–Kier alpha value is -0.270. The molecule has 1 heterocycles. The summed E-state index contributed by atoms with van der Waals surface area (Å²) in [6, 6.07) is 7.61. The summed E-state index contributed by atoms with van der Waals surface area (Å²) in [5, 5.41) is 3.27. The van der Waals surface area contributed by atoms with Gasteiger partial charge in [0.15, 0.2) is 0 Å². The predicted octanol–water partition coefficient (Wildman–Crippen LogP) is 2.35. The first-order valence-corrected chi connectivity index (χ1v) is 9.68. The Morgan fingerprint density at radius 3 is 2.57 bits per heavy atom. The molecule has 7 heteroatoms. The molecule has 1 aliphatic heterocycles. The first-order valence-electron chi connectivity index (χ1n) is 7.01. The van der Waals surface area contributed by atoms with E-state index in [0.29, 0.717) is 4.90 Å². The Labute approximate surface area is 137 Å². The predicted molar refractivity (Wildman–Crippen MR) is 88.8 cm³/mol. The molecule has 1 aromatic carbocycles. The maximum atomic E-state index is 13.0. The lowest BCUT2D eigenvalue weighted by molar-refractivity contribution is 0.327. The van der Waals surface area contributed by atoms with Gasteiger partial charge in [-0.3, -0.25) is 0 Å². The van der Waals surface area contributed by atoms with Crippen LogP contribution in [0.5, 0.6) is 0 Å². The van der Waals surface area contributed by atoms with Gasteiger partial charge in [-0.25, -0.2) is 8.42 Å². The molecule has 0 bridgehead atoms. The number of hydrogen-bond donors (Lipinski definition) is 1. The summed E-state index contributed by atoms with van der Waals surface area (Å²) in [5.74, 6) is 0. The van der Waals surface area contributed by atoms with E-state index in [2.05, 4.69) is 5.32 Å². The summed E-state index contributed by atoms with van der Waals surface area (Å²) in [5.41, 5.74) is 0. The summed E-state index contributed by atoms with van der Waals surface area (Å²) in [4.78, 5) is 1.43. The number of thioether (sulfide) groups is 1. The van der Waals surface area contributed by atoms with Crippen molar-refractivity contribution >= 4 is 34.2 Å². The highest BCUT2D eigenvalue weighted by atomic mass is 35.5. The van der Waals surface area contributed by atoms with Crippen LogP contribution in [0.25, 0.3) is 0 Å². The number of nitrogens with one attached hydrogen (secondary N) is 1. The van der Waals surface area contributed by atoms with Crippen LogP contribution in [0.3, 0.4) is 0 Å². The first kappa shape index (κ1) is 17.1. The average Bonchev–Trinajstić information content (AvgIpc) is 3.13. The number of sulfonamides is 1. The standard InChI is InChI=1S/C14H20N2O2S2.ClH/c1-19-13-3-2-4-14(9-13)20(17,18)16(11-5-6-11)12-7-8-15-10-12;/h2-4,9,11-12,15H,5-8,10H2,1H3;1H. The molecule has 0 spiro atoms. The van der Waals surface area contributed by atoms with E-state index in [4.69, 9.17) is 0 Å². The van der Waals surface area contributed by atoms with E-state index in [1.54, 1.807) is 28.2 Å². The van der Waals surface area contributed by atoms with Crippen LogP contribution in [0.1, 0.15) is 19.3 Å². The highest BCUT2D eigenvalue weighted by Crippen LogP contribution is 2.35. The lowest BCUT2D eigenvalue weighted by Crippen LogP contribution is -2.43. The summed E-state index contributed by atoms with van der Waals surface area (Å²) < 4.78 is 27.7. The van der Waals surface area contributed by atoms with Gasteiger partial charge < -0.3 is 5.32 Å². The summed E-state index contributed by atoms with van der Waals surface area (Å²) in [7, 11) is -3.37. The maximum Gasteiger partial charge on any atom is 0.243 e. The van der Waals surface area contributed by atoms with E-state index >= 15 is 0 Å². The van der Waals surface area contributed by atoms with Gasteiger partial charge in [-0.2, -0.15) is 4.31 Å². The van der Waals surface area contributed by atoms with Crippen molar-refractivity contribution in [3.63, 3.8) is 0 Å². The molecule has 1 aliphatic carbocycles. The van der Waals surface area contributed by atoms with Crippen molar-refractivity contribution in [2.24, 2.45) is 0 Å². The van der Waals surface area contributed by atoms with Crippen molar-refractivity contribution < 1.29 is 8.42 Å². The molecule has 1 saturated heterocycles. The lowest BCUT2D eigenvalue weighted by Gasteiger charge is -2.27.